The molecule has 2 nitrogen and oxygen atoms in total. The van der Waals surface area contributed by atoms with Gasteiger partial charge in [0.15, 0.2) is 0 Å². The quantitative estimate of drug-likeness (QED) is 0.550. The first-order valence-electron chi connectivity index (χ1n) is 7.03. The van der Waals surface area contributed by atoms with E-state index < -0.39 is 0 Å². The molecule has 0 aromatic heterocycles. The van der Waals surface area contributed by atoms with E-state index in [4.69, 9.17) is 4.74 Å². The highest BCUT2D eigenvalue weighted by Gasteiger charge is 1.67. The Bertz CT molecular complexity index is 216. The lowest BCUT2D eigenvalue weighted by atomic mass is 10.4. The largest absolute Gasteiger partial charge is 0.385 e. The first kappa shape index (κ1) is 23.7. The average molecular weight is 280 g/mol. The van der Waals surface area contributed by atoms with E-state index in [0.717, 1.165) is 19.6 Å². The van der Waals surface area contributed by atoms with Crippen molar-refractivity contribution in [2.45, 2.75) is 27.2 Å². The zero-order chi connectivity index (χ0) is 15.9. The lowest BCUT2D eigenvalue weighted by molar-refractivity contribution is 0.178. The summed E-state index contributed by atoms with van der Waals surface area (Å²) in [6.07, 6.45) is 4.70. The molecule has 0 radical (unpaired) electrons. The van der Waals surface area contributed by atoms with Crippen molar-refractivity contribution in [1.29, 1.82) is 0 Å². The van der Waals surface area contributed by atoms with Crippen LogP contribution in [0, 0.1) is 0 Å². The molecule has 0 aliphatic rings. The Labute approximate surface area is 126 Å². The minimum Gasteiger partial charge on any atom is -0.385 e. The predicted molar refractivity (Wildman–Crippen MR) is 91.2 cm³/mol. The molecule has 1 aromatic carbocycles. The number of rotatable bonds is 5. The van der Waals surface area contributed by atoms with Gasteiger partial charge in [0.05, 0.1) is 6.61 Å². The lowest BCUT2D eigenvalue weighted by Crippen LogP contribution is -1.86. The van der Waals surface area contributed by atoms with Crippen molar-refractivity contribution in [3.8, 4) is 0 Å². The smallest absolute Gasteiger partial charge is 0.0644 e. The number of hydrogen-bond acceptors (Lipinski definition) is 2. The minimum atomic E-state index is 0.677. The van der Waals surface area contributed by atoms with Gasteiger partial charge in [0.25, 0.3) is 0 Å². The van der Waals surface area contributed by atoms with Gasteiger partial charge in [0.2, 0.25) is 0 Å². The van der Waals surface area contributed by atoms with Gasteiger partial charge in [0.1, 0.15) is 0 Å². The second-order valence-electron chi connectivity index (χ2n) is 3.38. The number of benzene rings is 1. The van der Waals surface area contributed by atoms with Gasteiger partial charge in [-0.15, -0.1) is 13.2 Å². The molecular weight excluding hydrogens is 248 g/mol. The third-order valence-electron chi connectivity index (χ3n) is 1.68. The highest BCUT2D eigenvalue weighted by atomic mass is 16.5. The number of hydrogen-bond donors (Lipinski definition) is 0. The van der Waals surface area contributed by atoms with Gasteiger partial charge >= 0.3 is 0 Å². The van der Waals surface area contributed by atoms with Crippen molar-refractivity contribution in [1.82, 2.24) is 0 Å². The zero-order valence-corrected chi connectivity index (χ0v) is 13.7. The summed E-state index contributed by atoms with van der Waals surface area (Å²) in [6, 6.07) is 12.0. The molecule has 0 spiro atoms. The van der Waals surface area contributed by atoms with E-state index >= 15 is 0 Å². The monoisotopic (exact) mass is 280 g/mol. The van der Waals surface area contributed by atoms with E-state index in [9.17, 15) is 0 Å². The molecule has 0 heterocycles. The van der Waals surface area contributed by atoms with Gasteiger partial charge in [-0.05, 0) is 20.3 Å². The minimum absolute atomic E-state index is 0.677. The van der Waals surface area contributed by atoms with Crippen LogP contribution in [0.4, 0.5) is 0 Å². The summed E-state index contributed by atoms with van der Waals surface area (Å²) < 4.78 is 9.41. The second kappa shape index (κ2) is 30.6. The summed E-state index contributed by atoms with van der Waals surface area (Å²) in [5.74, 6) is 0. The maximum Gasteiger partial charge on any atom is 0.0644 e. The van der Waals surface area contributed by atoms with Crippen LogP contribution < -0.4 is 0 Å². The van der Waals surface area contributed by atoms with Crippen LogP contribution in [0.3, 0.4) is 0 Å². The lowest BCUT2D eigenvalue weighted by Gasteiger charge is -1.88. The van der Waals surface area contributed by atoms with Gasteiger partial charge in [0, 0.05) is 20.3 Å². The maximum atomic E-state index is 4.86. The van der Waals surface area contributed by atoms with Crippen LogP contribution in [-0.4, -0.2) is 26.9 Å². The van der Waals surface area contributed by atoms with Crippen LogP contribution in [-0.2, 0) is 9.47 Å². The van der Waals surface area contributed by atoms with Crippen molar-refractivity contribution >= 4 is 0 Å². The van der Waals surface area contributed by atoms with Crippen molar-refractivity contribution in [2.24, 2.45) is 0 Å². The molecule has 0 N–H and O–H groups in total. The molecule has 0 aliphatic heterocycles. The molecule has 2 heteroatoms. The molecule has 1 rings (SSSR count). The van der Waals surface area contributed by atoms with Crippen molar-refractivity contribution in [3.05, 3.63) is 61.7 Å². The molecule has 0 bridgehead atoms. The molecule has 0 saturated carbocycles. The maximum absolute atomic E-state index is 4.86. The molecule has 0 aliphatic carbocycles. The van der Waals surface area contributed by atoms with Crippen LogP contribution in [0.15, 0.2) is 61.7 Å². The molecule has 0 unspecified atom stereocenters. The van der Waals surface area contributed by atoms with Gasteiger partial charge in [-0.3, -0.25) is 0 Å². The fourth-order valence-electron chi connectivity index (χ4n) is 0.586. The Kier molecular flexibility index (Phi) is 36.2. The van der Waals surface area contributed by atoms with Gasteiger partial charge in [-0.25, -0.2) is 0 Å². The molecule has 0 fully saturated rings. The zero-order valence-electron chi connectivity index (χ0n) is 13.7. The summed E-state index contributed by atoms with van der Waals surface area (Å²) >= 11 is 0. The normalized spacial score (nSPS) is 7.60. The first-order chi connectivity index (χ1) is 9.74. The van der Waals surface area contributed by atoms with Crippen LogP contribution >= 0.6 is 0 Å². The SMILES string of the molecule is C=CCC.C=CCOCC.CCOC.c1ccccc1. The van der Waals surface area contributed by atoms with Gasteiger partial charge < -0.3 is 9.47 Å². The van der Waals surface area contributed by atoms with E-state index in [1.165, 1.54) is 0 Å². The Balaban J connectivity index is -0.000000197. The molecule has 20 heavy (non-hydrogen) atoms. The van der Waals surface area contributed by atoms with E-state index in [-0.39, 0.29) is 0 Å². The Morgan fingerprint density at radius 3 is 1.25 bits per heavy atom. The molecule has 0 atom stereocenters. The summed E-state index contributed by atoms with van der Waals surface area (Å²) in [4.78, 5) is 0. The molecule has 116 valence electrons. The average Bonchev–Trinajstić information content (AvgIpc) is 2.55. The molecular formula is C18H32O2. The Morgan fingerprint density at radius 2 is 1.15 bits per heavy atom. The number of allylic oxidation sites excluding steroid dienone is 1. The third-order valence-corrected chi connectivity index (χ3v) is 1.68. The van der Waals surface area contributed by atoms with Crippen LogP contribution in [0.5, 0.6) is 0 Å². The van der Waals surface area contributed by atoms with Crippen LogP contribution in [0.2, 0.25) is 0 Å². The van der Waals surface area contributed by atoms with E-state index in [2.05, 4.69) is 24.8 Å². The summed E-state index contributed by atoms with van der Waals surface area (Å²) in [5, 5.41) is 0. The molecule has 0 saturated heterocycles. The molecule has 0 amide bonds. The van der Waals surface area contributed by atoms with Crippen LogP contribution in [0.1, 0.15) is 27.2 Å². The second-order valence-corrected chi connectivity index (χ2v) is 3.38. The summed E-state index contributed by atoms with van der Waals surface area (Å²) in [5.41, 5.74) is 0. The highest BCUT2D eigenvalue weighted by molar-refractivity contribution is 4.99. The van der Waals surface area contributed by atoms with Gasteiger partial charge in [-0.2, -0.15) is 0 Å². The fraction of sp³-hybridized carbons (Fsp3) is 0.444. The third kappa shape index (κ3) is 43.8. The van der Waals surface area contributed by atoms with Crippen molar-refractivity contribution in [3.63, 3.8) is 0 Å². The Morgan fingerprint density at radius 1 is 0.800 bits per heavy atom. The van der Waals surface area contributed by atoms with Crippen LogP contribution in [0.25, 0.3) is 0 Å². The highest BCUT2D eigenvalue weighted by Crippen LogP contribution is 1.79. The number of ether oxygens (including phenoxy) is 2. The number of methoxy groups -OCH3 is 1. The van der Waals surface area contributed by atoms with E-state index in [1.54, 1.807) is 13.2 Å². The first-order valence-corrected chi connectivity index (χ1v) is 7.03. The molecule has 1 aromatic rings. The summed E-state index contributed by atoms with van der Waals surface area (Å²) in [7, 11) is 1.68. The summed E-state index contributed by atoms with van der Waals surface area (Å²) in [6.45, 7) is 15.2. The predicted octanol–water partition coefficient (Wildman–Crippen LogP) is 5.13. The van der Waals surface area contributed by atoms with E-state index in [1.807, 2.05) is 56.3 Å². The Hall–Kier alpha value is -1.38. The van der Waals surface area contributed by atoms with Gasteiger partial charge in [-0.1, -0.05) is 55.5 Å². The fourth-order valence-corrected chi connectivity index (χ4v) is 0.586. The van der Waals surface area contributed by atoms with Crippen molar-refractivity contribution < 1.29 is 9.47 Å². The topological polar surface area (TPSA) is 18.5 Å². The van der Waals surface area contributed by atoms with E-state index in [0.29, 0.717) is 6.61 Å². The van der Waals surface area contributed by atoms with Crippen molar-refractivity contribution in [2.75, 3.05) is 26.9 Å². The standard InChI is InChI=1S/C6H6.C5H10O.C4H8.C3H8O/c1-2-4-6-5-3-1;1-3-5-6-4-2;2*1-3-4-2/h1-6H;3H,1,4-5H2,2H3;3H,1,4H2,2H3;3H2,1-2H3.